The molecule has 0 amide bonds. The molecule has 0 atom stereocenters. The van der Waals surface area contributed by atoms with Gasteiger partial charge in [-0.05, 0) is 76.9 Å². The van der Waals surface area contributed by atoms with Crippen LogP contribution in [0, 0.1) is 0 Å². The average Bonchev–Trinajstić information content (AvgIpc) is 3.75. The van der Waals surface area contributed by atoms with Crippen molar-refractivity contribution in [3.8, 4) is 27.9 Å². The van der Waals surface area contributed by atoms with Crippen LogP contribution in [0.2, 0.25) is 0 Å². The maximum absolute atomic E-state index is 6.89. The Balaban J connectivity index is 1.15. The van der Waals surface area contributed by atoms with Crippen molar-refractivity contribution in [1.82, 2.24) is 4.57 Å². The van der Waals surface area contributed by atoms with Crippen molar-refractivity contribution in [3.63, 3.8) is 0 Å². The highest BCUT2D eigenvalue weighted by molar-refractivity contribution is 6.13. The molecule has 10 aromatic rings. The van der Waals surface area contributed by atoms with Crippen molar-refractivity contribution in [2.24, 2.45) is 0 Å². The van der Waals surface area contributed by atoms with Crippen molar-refractivity contribution in [2.45, 2.75) is 0 Å². The quantitative estimate of drug-likeness (QED) is 0.178. The molecule has 2 heterocycles. The molecular formula is C48H32N2O. The zero-order valence-corrected chi connectivity index (χ0v) is 27.8. The largest absolute Gasteiger partial charge is 0.454 e. The average molecular weight is 653 g/mol. The predicted octanol–water partition coefficient (Wildman–Crippen LogP) is 13.5. The van der Waals surface area contributed by atoms with Gasteiger partial charge in [-0.25, -0.2) is 0 Å². The molecule has 8 aromatic carbocycles. The Kier molecular flexibility index (Phi) is 6.81. The number of anilines is 3. The fourth-order valence-electron chi connectivity index (χ4n) is 7.61. The third-order valence-electron chi connectivity index (χ3n) is 9.98. The Morgan fingerprint density at radius 1 is 0.353 bits per heavy atom. The van der Waals surface area contributed by atoms with Gasteiger partial charge in [0.15, 0.2) is 5.58 Å². The van der Waals surface area contributed by atoms with Gasteiger partial charge in [0.1, 0.15) is 5.58 Å². The summed E-state index contributed by atoms with van der Waals surface area (Å²) < 4.78 is 9.23. The van der Waals surface area contributed by atoms with Crippen LogP contribution < -0.4 is 4.90 Å². The van der Waals surface area contributed by atoms with Gasteiger partial charge in [-0.15, -0.1) is 0 Å². The van der Waals surface area contributed by atoms with Crippen LogP contribution in [-0.2, 0) is 0 Å². The van der Waals surface area contributed by atoms with E-state index in [1.807, 2.05) is 0 Å². The van der Waals surface area contributed by atoms with Crippen molar-refractivity contribution >= 4 is 60.8 Å². The van der Waals surface area contributed by atoms with E-state index < -0.39 is 0 Å². The molecule has 0 spiro atoms. The standard InChI is InChI=1S/C48H32N2O/c1-3-13-33(14-4-1)35-25-27-37(28-26-35)49(38-18-11-17-36(31-38)34-15-5-2-6-16-34)39-29-30-42-43-21-12-24-46(48(43)51-47(42)32-39)50-44-22-9-7-19-40(44)41-20-8-10-23-45(41)50/h1-32H. The van der Waals surface area contributed by atoms with Gasteiger partial charge in [0.2, 0.25) is 0 Å². The minimum Gasteiger partial charge on any atom is -0.454 e. The second-order valence-electron chi connectivity index (χ2n) is 13.0. The van der Waals surface area contributed by atoms with Crippen LogP contribution in [0.5, 0.6) is 0 Å². The molecule has 51 heavy (non-hydrogen) atoms. The van der Waals surface area contributed by atoms with E-state index in [1.54, 1.807) is 0 Å². The number of hydrogen-bond acceptors (Lipinski definition) is 2. The minimum atomic E-state index is 0.848. The molecule has 0 radical (unpaired) electrons. The summed E-state index contributed by atoms with van der Waals surface area (Å²) in [5, 5.41) is 4.65. The van der Waals surface area contributed by atoms with E-state index in [1.165, 1.54) is 33.0 Å². The Labute approximate surface area is 295 Å². The molecule has 0 aliphatic heterocycles. The number of benzene rings is 8. The Morgan fingerprint density at radius 2 is 0.882 bits per heavy atom. The lowest BCUT2D eigenvalue weighted by molar-refractivity contribution is 0.666. The minimum absolute atomic E-state index is 0.848. The number of nitrogens with zero attached hydrogens (tertiary/aromatic N) is 2. The summed E-state index contributed by atoms with van der Waals surface area (Å²) in [4.78, 5) is 2.32. The topological polar surface area (TPSA) is 21.3 Å². The number of furan rings is 1. The van der Waals surface area contributed by atoms with Gasteiger partial charge in [0.05, 0.1) is 16.7 Å². The summed E-state index contributed by atoms with van der Waals surface area (Å²) in [6.45, 7) is 0. The number of rotatable bonds is 6. The molecule has 2 aromatic heterocycles. The van der Waals surface area contributed by atoms with E-state index in [0.29, 0.717) is 0 Å². The monoisotopic (exact) mass is 652 g/mol. The fraction of sp³-hybridized carbons (Fsp3) is 0. The lowest BCUT2D eigenvalue weighted by Gasteiger charge is -2.26. The zero-order chi connectivity index (χ0) is 33.7. The van der Waals surface area contributed by atoms with Crippen LogP contribution in [0.25, 0.3) is 71.7 Å². The number of para-hydroxylation sites is 3. The normalized spacial score (nSPS) is 11.5. The van der Waals surface area contributed by atoms with E-state index in [4.69, 9.17) is 4.42 Å². The molecule has 0 bridgehead atoms. The van der Waals surface area contributed by atoms with Crippen LogP contribution in [0.15, 0.2) is 199 Å². The number of fused-ring (bicyclic) bond motifs is 6. The highest BCUT2D eigenvalue weighted by Crippen LogP contribution is 2.42. The molecule has 0 fully saturated rings. The van der Waals surface area contributed by atoms with Crippen LogP contribution in [0.3, 0.4) is 0 Å². The first-order chi connectivity index (χ1) is 25.3. The van der Waals surface area contributed by atoms with E-state index in [9.17, 15) is 0 Å². The van der Waals surface area contributed by atoms with Gasteiger partial charge >= 0.3 is 0 Å². The number of hydrogen-bond donors (Lipinski definition) is 0. The predicted molar refractivity (Wildman–Crippen MR) is 214 cm³/mol. The van der Waals surface area contributed by atoms with Crippen LogP contribution >= 0.6 is 0 Å². The van der Waals surface area contributed by atoms with Crippen molar-refractivity contribution in [3.05, 3.63) is 194 Å². The molecule has 0 unspecified atom stereocenters. The third-order valence-corrected chi connectivity index (χ3v) is 9.98. The summed E-state index contributed by atoms with van der Waals surface area (Å²) in [5.41, 5.74) is 13.0. The Morgan fingerprint density at radius 3 is 1.59 bits per heavy atom. The van der Waals surface area contributed by atoms with Gasteiger partial charge in [0.25, 0.3) is 0 Å². The SMILES string of the molecule is c1ccc(-c2ccc(N(c3cccc(-c4ccccc4)c3)c3ccc4c(c3)oc3c(-n5c6ccccc6c6ccccc65)cccc34)cc2)cc1. The summed E-state index contributed by atoms with van der Waals surface area (Å²) in [6.07, 6.45) is 0. The van der Waals surface area contributed by atoms with E-state index in [-0.39, 0.29) is 0 Å². The smallest absolute Gasteiger partial charge is 0.159 e. The second kappa shape index (κ2) is 11.9. The Hall–Kier alpha value is -6.84. The summed E-state index contributed by atoms with van der Waals surface area (Å²) >= 11 is 0. The fourth-order valence-corrected chi connectivity index (χ4v) is 7.61. The lowest BCUT2D eigenvalue weighted by atomic mass is 10.0. The van der Waals surface area contributed by atoms with Gasteiger partial charge in [-0.3, -0.25) is 0 Å². The molecule has 10 rings (SSSR count). The number of aromatic nitrogens is 1. The van der Waals surface area contributed by atoms with Crippen molar-refractivity contribution < 1.29 is 4.42 Å². The summed E-state index contributed by atoms with van der Waals surface area (Å²) in [6, 6.07) is 69.0. The Bertz CT molecular complexity index is 2790. The van der Waals surface area contributed by atoms with Crippen molar-refractivity contribution in [2.75, 3.05) is 4.90 Å². The molecule has 0 saturated carbocycles. The van der Waals surface area contributed by atoms with E-state index >= 15 is 0 Å². The maximum atomic E-state index is 6.89. The molecule has 0 aliphatic carbocycles. The van der Waals surface area contributed by atoms with Crippen LogP contribution in [-0.4, -0.2) is 4.57 Å². The zero-order valence-electron chi connectivity index (χ0n) is 27.8. The maximum Gasteiger partial charge on any atom is 0.159 e. The summed E-state index contributed by atoms with van der Waals surface area (Å²) in [5.74, 6) is 0. The van der Waals surface area contributed by atoms with Crippen molar-refractivity contribution in [1.29, 1.82) is 0 Å². The third kappa shape index (κ3) is 4.90. The molecule has 240 valence electrons. The first-order valence-electron chi connectivity index (χ1n) is 17.4. The first-order valence-corrected chi connectivity index (χ1v) is 17.4. The second-order valence-corrected chi connectivity index (χ2v) is 13.0. The van der Waals surface area contributed by atoms with Gasteiger partial charge in [-0.2, -0.15) is 0 Å². The van der Waals surface area contributed by atoms with E-state index in [0.717, 1.165) is 55.7 Å². The van der Waals surface area contributed by atoms with Gasteiger partial charge in [0, 0.05) is 44.7 Å². The highest BCUT2D eigenvalue weighted by Gasteiger charge is 2.20. The highest BCUT2D eigenvalue weighted by atomic mass is 16.3. The van der Waals surface area contributed by atoms with E-state index in [2.05, 4.69) is 204 Å². The molecule has 3 nitrogen and oxygen atoms in total. The summed E-state index contributed by atoms with van der Waals surface area (Å²) in [7, 11) is 0. The molecule has 0 saturated heterocycles. The van der Waals surface area contributed by atoms with Gasteiger partial charge in [-0.1, -0.05) is 133 Å². The lowest BCUT2D eigenvalue weighted by Crippen LogP contribution is -2.10. The first kappa shape index (κ1) is 29.1. The molecule has 0 N–H and O–H groups in total. The molecule has 3 heteroatoms. The molecular weight excluding hydrogens is 621 g/mol. The van der Waals surface area contributed by atoms with Crippen LogP contribution in [0.4, 0.5) is 17.1 Å². The van der Waals surface area contributed by atoms with Gasteiger partial charge < -0.3 is 13.9 Å². The van der Waals surface area contributed by atoms with Crippen LogP contribution in [0.1, 0.15) is 0 Å². The molecule has 0 aliphatic rings.